The summed E-state index contributed by atoms with van der Waals surface area (Å²) in [6.07, 6.45) is 0. The molecule has 1 aliphatic heterocycles. The summed E-state index contributed by atoms with van der Waals surface area (Å²) in [6.45, 7) is 7.77. The number of rotatable bonds is 4. The number of hydrogen-bond donors (Lipinski definition) is 0. The number of ether oxygens (including phenoxy) is 1. The zero-order valence-electron chi connectivity index (χ0n) is 10.3. The van der Waals surface area contributed by atoms with Crippen LogP contribution in [0, 0.1) is 0 Å². The Hall–Kier alpha value is -1.16. The molecule has 0 N–H and O–H groups in total. The SMILES string of the molecule is C=C(CN1CCOCC1)C(=O)c1ccccc1.Cl. The number of morpholine rings is 1. The van der Waals surface area contributed by atoms with Crippen molar-refractivity contribution in [3.05, 3.63) is 48.0 Å². The molecule has 18 heavy (non-hydrogen) atoms. The summed E-state index contributed by atoms with van der Waals surface area (Å²) in [7, 11) is 0. The summed E-state index contributed by atoms with van der Waals surface area (Å²) in [5.41, 5.74) is 1.36. The molecule has 0 aromatic heterocycles. The quantitative estimate of drug-likeness (QED) is 0.619. The fourth-order valence-electron chi connectivity index (χ4n) is 1.89. The third kappa shape index (κ3) is 3.95. The fraction of sp³-hybridized carbons (Fsp3) is 0.357. The molecule has 1 aliphatic rings. The number of hydrogen-bond acceptors (Lipinski definition) is 3. The molecule has 0 saturated carbocycles. The Bertz CT molecular complexity index is 400. The van der Waals surface area contributed by atoms with Crippen LogP contribution < -0.4 is 0 Å². The van der Waals surface area contributed by atoms with E-state index >= 15 is 0 Å². The van der Waals surface area contributed by atoms with Crippen molar-refractivity contribution in [2.45, 2.75) is 0 Å². The largest absolute Gasteiger partial charge is 0.379 e. The highest BCUT2D eigenvalue weighted by Gasteiger charge is 2.15. The first kappa shape index (κ1) is 14.9. The van der Waals surface area contributed by atoms with Crippen molar-refractivity contribution >= 4 is 18.2 Å². The van der Waals surface area contributed by atoms with E-state index in [9.17, 15) is 4.79 Å². The minimum atomic E-state index is 0. The van der Waals surface area contributed by atoms with E-state index < -0.39 is 0 Å². The summed E-state index contributed by atoms with van der Waals surface area (Å²) in [5.74, 6) is 0.0390. The second-order valence-electron chi connectivity index (χ2n) is 4.19. The number of carbonyl (C=O) groups is 1. The molecular formula is C14H18ClNO2. The highest BCUT2D eigenvalue weighted by molar-refractivity contribution is 6.08. The van der Waals surface area contributed by atoms with Gasteiger partial charge < -0.3 is 4.74 Å². The maximum atomic E-state index is 12.1. The standard InChI is InChI=1S/C14H17NO2.ClH/c1-12(11-15-7-9-17-10-8-15)14(16)13-5-3-2-4-6-13;/h2-6H,1,7-11H2;1H. The molecule has 98 valence electrons. The molecule has 0 unspecified atom stereocenters. The first-order chi connectivity index (χ1) is 8.27. The zero-order chi connectivity index (χ0) is 12.1. The van der Waals surface area contributed by atoms with Crippen molar-refractivity contribution in [1.29, 1.82) is 0 Å². The van der Waals surface area contributed by atoms with Gasteiger partial charge in [-0.25, -0.2) is 0 Å². The van der Waals surface area contributed by atoms with Crippen LogP contribution in [0.25, 0.3) is 0 Å². The number of benzene rings is 1. The molecule has 1 saturated heterocycles. The van der Waals surface area contributed by atoms with E-state index in [1.165, 1.54) is 0 Å². The van der Waals surface area contributed by atoms with Crippen molar-refractivity contribution in [2.75, 3.05) is 32.8 Å². The van der Waals surface area contributed by atoms with Crippen LogP contribution in [0.2, 0.25) is 0 Å². The molecule has 1 heterocycles. The third-order valence-corrected chi connectivity index (χ3v) is 2.88. The first-order valence-electron chi connectivity index (χ1n) is 5.85. The second kappa shape index (κ2) is 7.31. The van der Waals surface area contributed by atoms with E-state index in [1.54, 1.807) is 0 Å². The van der Waals surface area contributed by atoms with Gasteiger partial charge in [0.05, 0.1) is 13.2 Å². The number of nitrogens with zero attached hydrogens (tertiary/aromatic N) is 1. The van der Waals surface area contributed by atoms with Gasteiger partial charge in [0.1, 0.15) is 0 Å². The van der Waals surface area contributed by atoms with Gasteiger partial charge in [0.2, 0.25) is 0 Å². The number of halogens is 1. The van der Waals surface area contributed by atoms with E-state index in [0.717, 1.165) is 26.3 Å². The molecule has 0 bridgehead atoms. The van der Waals surface area contributed by atoms with Crippen LogP contribution in [0.4, 0.5) is 0 Å². The predicted octanol–water partition coefficient (Wildman–Crippen LogP) is 2.18. The van der Waals surface area contributed by atoms with Crippen molar-refractivity contribution in [3.8, 4) is 0 Å². The Kier molecular flexibility index (Phi) is 6.05. The molecule has 0 aliphatic carbocycles. The molecule has 0 radical (unpaired) electrons. The molecule has 0 spiro atoms. The van der Waals surface area contributed by atoms with E-state index in [1.807, 2.05) is 30.3 Å². The molecular weight excluding hydrogens is 250 g/mol. The topological polar surface area (TPSA) is 29.5 Å². The highest BCUT2D eigenvalue weighted by atomic mass is 35.5. The molecule has 0 amide bonds. The fourth-order valence-corrected chi connectivity index (χ4v) is 1.89. The van der Waals surface area contributed by atoms with Gasteiger partial charge in [0.15, 0.2) is 5.78 Å². The lowest BCUT2D eigenvalue weighted by Crippen LogP contribution is -2.38. The molecule has 2 rings (SSSR count). The number of Topliss-reactive ketones (excluding diaryl/α,β-unsaturated/α-hetero) is 1. The average molecular weight is 268 g/mol. The normalized spacial score (nSPS) is 15.8. The van der Waals surface area contributed by atoms with Gasteiger partial charge in [-0.3, -0.25) is 9.69 Å². The zero-order valence-corrected chi connectivity index (χ0v) is 11.1. The maximum absolute atomic E-state index is 12.1. The van der Waals surface area contributed by atoms with Crippen molar-refractivity contribution in [2.24, 2.45) is 0 Å². The van der Waals surface area contributed by atoms with Crippen LogP contribution in [-0.4, -0.2) is 43.5 Å². The smallest absolute Gasteiger partial charge is 0.189 e. The van der Waals surface area contributed by atoms with Gasteiger partial charge in [-0.2, -0.15) is 0 Å². The molecule has 3 nitrogen and oxygen atoms in total. The van der Waals surface area contributed by atoms with E-state index in [-0.39, 0.29) is 18.2 Å². The maximum Gasteiger partial charge on any atom is 0.189 e. The van der Waals surface area contributed by atoms with Crippen LogP contribution in [0.1, 0.15) is 10.4 Å². The van der Waals surface area contributed by atoms with E-state index in [4.69, 9.17) is 4.74 Å². The lowest BCUT2D eigenvalue weighted by Gasteiger charge is -2.26. The van der Waals surface area contributed by atoms with Crippen molar-refractivity contribution < 1.29 is 9.53 Å². The summed E-state index contributed by atoms with van der Waals surface area (Å²) >= 11 is 0. The lowest BCUT2D eigenvalue weighted by atomic mass is 10.0. The van der Waals surface area contributed by atoms with Crippen LogP contribution in [-0.2, 0) is 4.74 Å². The Morgan fingerprint density at radius 2 is 1.83 bits per heavy atom. The minimum Gasteiger partial charge on any atom is -0.379 e. The van der Waals surface area contributed by atoms with E-state index in [0.29, 0.717) is 17.7 Å². The van der Waals surface area contributed by atoms with Crippen LogP contribution in [0.15, 0.2) is 42.5 Å². The Labute approximate surface area is 114 Å². The summed E-state index contributed by atoms with van der Waals surface area (Å²) < 4.78 is 5.27. The van der Waals surface area contributed by atoms with E-state index in [2.05, 4.69) is 11.5 Å². The Morgan fingerprint density at radius 1 is 1.22 bits per heavy atom. The van der Waals surface area contributed by atoms with Gasteiger partial charge in [0, 0.05) is 30.8 Å². The van der Waals surface area contributed by atoms with Crippen molar-refractivity contribution in [1.82, 2.24) is 4.90 Å². The summed E-state index contributed by atoms with van der Waals surface area (Å²) in [6, 6.07) is 9.30. The van der Waals surface area contributed by atoms with Gasteiger partial charge in [-0.1, -0.05) is 36.9 Å². The Balaban J connectivity index is 0.00000162. The van der Waals surface area contributed by atoms with Crippen LogP contribution in [0.3, 0.4) is 0 Å². The summed E-state index contributed by atoms with van der Waals surface area (Å²) in [4.78, 5) is 14.3. The Morgan fingerprint density at radius 3 is 2.44 bits per heavy atom. The van der Waals surface area contributed by atoms with Crippen LogP contribution in [0.5, 0.6) is 0 Å². The molecule has 4 heteroatoms. The van der Waals surface area contributed by atoms with Crippen LogP contribution >= 0.6 is 12.4 Å². The number of carbonyl (C=O) groups excluding carboxylic acids is 1. The molecule has 1 fully saturated rings. The van der Waals surface area contributed by atoms with Crippen molar-refractivity contribution in [3.63, 3.8) is 0 Å². The molecule has 1 aromatic carbocycles. The lowest BCUT2D eigenvalue weighted by molar-refractivity contribution is 0.0418. The minimum absolute atomic E-state index is 0. The van der Waals surface area contributed by atoms with Gasteiger partial charge in [-0.15, -0.1) is 12.4 Å². The predicted molar refractivity (Wildman–Crippen MR) is 74.4 cm³/mol. The van der Waals surface area contributed by atoms with Gasteiger partial charge in [0.25, 0.3) is 0 Å². The highest BCUT2D eigenvalue weighted by Crippen LogP contribution is 2.09. The number of ketones is 1. The third-order valence-electron chi connectivity index (χ3n) is 2.88. The molecule has 0 atom stereocenters. The first-order valence-corrected chi connectivity index (χ1v) is 5.85. The average Bonchev–Trinajstić information content (AvgIpc) is 2.40. The van der Waals surface area contributed by atoms with Gasteiger partial charge in [-0.05, 0) is 0 Å². The van der Waals surface area contributed by atoms with Gasteiger partial charge >= 0.3 is 0 Å². The second-order valence-corrected chi connectivity index (χ2v) is 4.19. The monoisotopic (exact) mass is 267 g/mol. The molecule has 1 aromatic rings. The summed E-state index contributed by atoms with van der Waals surface area (Å²) in [5, 5.41) is 0.